The molecule has 120 valence electrons. The number of anilines is 1. The van der Waals surface area contributed by atoms with Crippen molar-refractivity contribution >= 4 is 11.6 Å². The summed E-state index contributed by atoms with van der Waals surface area (Å²) in [5, 5.41) is 3.98. The molecule has 1 saturated heterocycles. The van der Waals surface area contributed by atoms with Crippen LogP contribution in [0.2, 0.25) is 0 Å². The van der Waals surface area contributed by atoms with E-state index in [9.17, 15) is 9.18 Å². The molecule has 1 aliphatic heterocycles. The maximum absolute atomic E-state index is 13.9. The minimum absolute atomic E-state index is 0.149. The highest BCUT2D eigenvalue weighted by molar-refractivity contribution is 5.96. The van der Waals surface area contributed by atoms with Gasteiger partial charge in [-0.3, -0.25) is 4.79 Å². The number of rotatable bonds is 3. The lowest BCUT2D eigenvalue weighted by Crippen LogP contribution is -2.25. The molecule has 5 nitrogen and oxygen atoms in total. The fourth-order valence-electron chi connectivity index (χ4n) is 2.88. The van der Waals surface area contributed by atoms with Crippen LogP contribution in [0.5, 0.6) is 0 Å². The molecular formula is C18H14FN3O2. The predicted octanol–water partition coefficient (Wildman–Crippen LogP) is 3.40. The van der Waals surface area contributed by atoms with Crippen LogP contribution in [0.15, 0.2) is 59.1 Å². The number of para-hydroxylation sites is 1. The van der Waals surface area contributed by atoms with Crippen molar-refractivity contribution in [3.8, 4) is 11.4 Å². The molecule has 0 saturated carbocycles. The van der Waals surface area contributed by atoms with Crippen LogP contribution < -0.4 is 4.90 Å². The van der Waals surface area contributed by atoms with Gasteiger partial charge in [-0.05, 0) is 12.1 Å². The average Bonchev–Trinajstić information content (AvgIpc) is 3.23. The van der Waals surface area contributed by atoms with E-state index in [1.54, 1.807) is 18.2 Å². The van der Waals surface area contributed by atoms with Gasteiger partial charge in [-0.2, -0.15) is 4.98 Å². The highest BCUT2D eigenvalue weighted by Gasteiger charge is 2.36. The fraction of sp³-hybridized carbons (Fsp3) is 0.167. The molecule has 0 bridgehead atoms. The fourth-order valence-corrected chi connectivity index (χ4v) is 2.88. The molecule has 1 atom stereocenters. The third-order valence-corrected chi connectivity index (χ3v) is 4.09. The lowest BCUT2D eigenvalue weighted by atomic mass is 10.1. The van der Waals surface area contributed by atoms with Gasteiger partial charge in [-0.25, -0.2) is 4.39 Å². The van der Waals surface area contributed by atoms with Crippen LogP contribution in [0.3, 0.4) is 0 Å². The molecule has 1 aromatic heterocycles. The van der Waals surface area contributed by atoms with Crippen molar-refractivity contribution in [2.45, 2.75) is 12.3 Å². The molecular weight excluding hydrogens is 309 g/mol. The molecule has 0 spiro atoms. The van der Waals surface area contributed by atoms with Gasteiger partial charge in [0.05, 0.1) is 11.6 Å². The summed E-state index contributed by atoms with van der Waals surface area (Å²) in [5.74, 6) is 0.0945. The Kier molecular flexibility index (Phi) is 3.57. The Morgan fingerprint density at radius 1 is 1.08 bits per heavy atom. The van der Waals surface area contributed by atoms with Gasteiger partial charge >= 0.3 is 0 Å². The van der Waals surface area contributed by atoms with Crippen molar-refractivity contribution in [2.24, 2.45) is 0 Å². The maximum atomic E-state index is 13.9. The summed E-state index contributed by atoms with van der Waals surface area (Å²) < 4.78 is 19.3. The number of halogens is 1. The van der Waals surface area contributed by atoms with E-state index in [1.807, 2.05) is 30.3 Å². The van der Waals surface area contributed by atoms with Crippen molar-refractivity contribution in [2.75, 3.05) is 11.4 Å². The molecule has 2 heterocycles. The molecule has 1 unspecified atom stereocenters. The molecule has 1 amide bonds. The zero-order valence-corrected chi connectivity index (χ0v) is 12.7. The second-order valence-electron chi connectivity index (χ2n) is 5.68. The highest BCUT2D eigenvalue weighted by atomic mass is 19.1. The molecule has 0 N–H and O–H groups in total. The van der Waals surface area contributed by atoms with E-state index in [1.165, 1.54) is 11.0 Å². The van der Waals surface area contributed by atoms with Gasteiger partial charge in [0.15, 0.2) is 0 Å². The third-order valence-electron chi connectivity index (χ3n) is 4.09. The highest BCUT2D eigenvalue weighted by Crippen LogP contribution is 2.32. The largest absolute Gasteiger partial charge is 0.339 e. The van der Waals surface area contributed by atoms with E-state index in [0.717, 1.165) is 5.56 Å². The van der Waals surface area contributed by atoms with E-state index in [2.05, 4.69) is 10.1 Å². The number of benzene rings is 2. The summed E-state index contributed by atoms with van der Waals surface area (Å²) in [6.45, 7) is 0.330. The number of hydrogen-bond donors (Lipinski definition) is 0. The van der Waals surface area contributed by atoms with E-state index in [-0.39, 0.29) is 23.9 Å². The van der Waals surface area contributed by atoms with Crippen molar-refractivity contribution in [1.29, 1.82) is 0 Å². The van der Waals surface area contributed by atoms with Crippen molar-refractivity contribution in [3.63, 3.8) is 0 Å². The number of hydrogen-bond acceptors (Lipinski definition) is 4. The summed E-state index contributed by atoms with van der Waals surface area (Å²) in [4.78, 5) is 18.1. The van der Waals surface area contributed by atoms with Gasteiger partial charge in [-0.1, -0.05) is 47.6 Å². The standard InChI is InChI=1S/C18H14FN3O2/c19-14-8-4-5-9-15(14)22-11-13(10-16(22)23)18-20-17(21-24-18)12-6-2-1-3-7-12/h1-9,13H,10-11H2. The smallest absolute Gasteiger partial charge is 0.232 e. The van der Waals surface area contributed by atoms with E-state index < -0.39 is 5.82 Å². The Labute approximate surface area is 137 Å². The van der Waals surface area contributed by atoms with Gasteiger partial charge in [0, 0.05) is 18.5 Å². The molecule has 0 aliphatic carbocycles. The Balaban J connectivity index is 1.58. The summed E-state index contributed by atoms with van der Waals surface area (Å²) >= 11 is 0. The number of carbonyl (C=O) groups is 1. The van der Waals surface area contributed by atoms with Crippen LogP contribution in [0.25, 0.3) is 11.4 Å². The molecule has 1 aliphatic rings. The monoisotopic (exact) mass is 323 g/mol. The second kappa shape index (κ2) is 5.88. The normalized spacial score (nSPS) is 17.5. The summed E-state index contributed by atoms with van der Waals surface area (Å²) in [6, 6.07) is 15.7. The Hall–Kier alpha value is -3.02. The molecule has 24 heavy (non-hydrogen) atoms. The number of aromatic nitrogens is 2. The topological polar surface area (TPSA) is 59.2 Å². The first-order chi connectivity index (χ1) is 11.7. The van der Waals surface area contributed by atoms with Gasteiger partial charge in [0.2, 0.25) is 17.6 Å². The molecule has 2 aromatic carbocycles. The average molecular weight is 323 g/mol. The molecule has 0 radical (unpaired) electrons. The van der Waals surface area contributed by atoms with Crippen molar-refractivity contribution < 1.29 is 13.7 Å². The van der Waals surface area contributed by atoms with Crippen LogP contribution in [0.1, 0.15) is 18.2 Å². The number of nitrogens with zero attached hydrogens (tertiary/aromatic N) is 3. The van der Waals surface area contributed by atoms with Crippen LogP contribution in [-0.2, 0) is 4.79 Å². The minimum Gasteiger partial charge on any atom is -0.339 e. The zero-order chi connectivity index (χ0) is 16.5. The first kappa shape index (κ1) is 14.6. The summed E-state index contributed by atoms with van der Waals surface area (Å²) in [6.07, 6.45) is 0.227. The maximum Gasteiger partial charge on any atom is 0.232 e. The second-order valence-corrected chi connectivity index (χ2v) is 5.68. The molecule has 6 heteroatoms. The number of amides is 1. The Morgan fingerprint density at radius 3 is 2.62 bits per heavy atom. The Bertz CT molecular complexity index is 879. The molecule has 4 rings (SSSR count). The lowest BCUT2D eigenvalue weighted by molar-refractivity contribution is -0.117. The van der Waals surface area contributed by atoms with Crippen molar-refractivity contribution in [1.82, 2.24) is 10.1 Å². The first-order valence-electron chi connectivity index (χ1n) is 7.66. The van der Waals surface area contributed by atoms with Crippen LogP contribution in [-0.4, -0.2) is 22.6 Å². The van der Waals surface area contributed by atoms with Gasteiger partial charge < -0.3 is 9.42 Å². The quantitative estimate of drug-likeness (QED) is 0.741. The predicted molar refractivity (Wildman–Crippen MR) is 85.8 cm³/mol. The molecule has 1 fully saturated rings. The molecule has 3 aromatic rings. The lowest BCUT2D eigenvalue weighted by Gasteiger charge is -2.16. The Morgan fingerprint density at radius 2 is 1.83 bits per heavy atom. The minimum atomic E-state index is -0.415. The van der Waals surface area contributed by atoms with Crippen LogP contribution in [0, 0.1) is 5.82 Å². The van der Waals surface area contributed by atoms with Crippen molar-refractivity contribution in [3.05, 3.63) is 66.3 Å². The van der Waals surface area contributed by atoms with Crippen LogP contribution >= 0.6 is 0 Å². The zero-order valence-electron chi connectivity index (χ0n) is 12.7. The van der Waals surface area contributed by atoms with Crippen LogP contribution in [0.4, 0.5) is 10.1 Å². The van der Waals surface area contributed by atoms with Gasteiger partial charge in [0.1, 0.15) is 5.82 Å². The van der Waals surface area contributed by atoms with Gasteiger partial charge in [-0.15, -0.1) is 0 Å². The van der Waals surface area contributed by atoms with Gasteiger partial charge in [0.25, 0.3) is 0 Å². The summed E-state index contributed by atoms with van der Waals surface area (Å²) in [7, 11) is 0. The number of carbonyl (C=O) groups excluding carboxylic acids is 1. The first-order valence-corrected chi connectivity index (χ1v) is 7.66. The third kappa shape index (κ3) is 2.56. The summed E-state index contributed by atoms with van der Waals surface area (Å²) in [5.41, 5.74) is 1.13. The SMILES string of the molecule is O=C1CC(c2nc(-c3ccccc3)no2)CN1c1ccccc1F. The van der Waals surface area contributed by atoms with E-state index >= 15 is 0 Å². The van der Waals surface area contributed by atoms with E-state index in [4.69, 9.17) is 4.52 Å². The van der Waals surface area contributed by atoms with E-state index in [0.29, 0.717) is 18.3 Å².